The van der Waals surface area contributed by atoms with Crippen molar-refractivity contribution in [3.8, 4) is 0 Å². The van der Waals surface area contributed by atoms with Crippen molar-refractivity contribution in [3.63, 3.8) is 0 Å². The fourth-order valence-electron chi connectivity index (χ4n) is 4.15. The number of hydrogen-bond acceptors (Lipinski definition) is 8. The van der Waals surface area contributed by atoms with Gasteiger partial charge in [0.05, 0.1) is 37.2 Å². The van der Waals surface area contributed by atoms with E-state index in [2.05, 4.69) is 43.6 Å². The number of ether oxygens (including phenoxy) is 1. The normalized spacial score (nSPS) is 22.0. The molecule has 0 radical (unpaired) electrons. The second kappa shape index (κ2) is 8.26. The van der Waals surface area contributed by atoms with Crippen LogP contribution >= 0.6 is 0 Å². The average Bonchev–Trinajstić information content (AvgIpc) is 3.17. The van der Waals surface area contributed by atoms with E-state index in [1.165, 1.54) is 0 Å². The van der Waals surface area contributed by atoms with Gasteiger partial charge in [0.15, 0.2) is 0 Å². The lowest BCUT2D eigenvalue weighted by molar-refractivity contribution is -0.143. The minimum atomic E-state index is -0.137. The van der Waals surface area contributed by atoms with Crippen molar-refractivity contribution in [1.29, 1.82) is 0 Å². The number of carbonyl (C=O) groups is 1. The van der Waals surface area contributed by atoms with Crippen molar-refractivity contribution in [2.45, 2.75) is 32.5 Å². The first-order valence-corrected chi connectivity index (χ1v) is 10.9. The van der Waals surface area contributed by atoms with Gasteiger partial charge in [0.1, 0.15) is 17.5 Å². The van der Waals surface area contributed by atoms with E-state index in [-0.39, 0.29) is 18.0 Å². The molecule has 10 nitrogen and oxygen atoms in total. The Hall–Kier alpha value is -3.01. The van der Waals surface area contributed by atoms with Gasteiger partial charge in [-0.25, -0.2) is 20.0 Å². The molecule has 2 aromatic heterocycles. The standard InChI is InChI=1S/C21H28N8O2/c1-14(2)29-13-24-16-10-23-19(9-17(16)29)25-18-3-4-22-21(26-18)28-11-15(12-28)20(30)27-5-7-31-8-6-27/h4,9-10,13-15,18H,3,5-8,11-12H2,1-2H3,(H,23,25). The number of hydrogen-bond donors (Lipinski definition) is 1. The first-order valence-electron chi connectivity index (χ1n) is 10.9. The van der Waals surface area contributed by atoms with Crippen LogP contribution in [0.4, 0.5) is 5.82 Å². The zero-order chi connectivity index (χ0) is 21.4. The molecule has 31 heavy (non-hydrogen) atoms. The van der Waals surface area contributed by atoms with Gasteiger partial charge in [0.25, 0.3) is 0 Å². The van der Waals surface area contributed by atoms with Gasteiger partial charge in [-0.1, -0.05) is 0 Å². The van der Waals surface area contributed by atoms with Crippen LogP contribution in [0.25, 0.3) is 11.0 Å². The quantitative estimate of drug-likeness (QED) is 0.796. The molecule has 164 valence electrons. The molecule has 1 atom stereocenters. The first kappa shape index (κ1) is 19.9. The zero-order valence-electron chi connectivity index (χ0n) is 17.9. The highest BCUT2D eigenvalue weighted by atomic mass is 16.5. The topological polar surface area (TPSA) is 100 Å². The lowest BCUT2D eigenvalue weighted by atomic mass is 9.98. The van der Waals surface area contributed by atoms with Gasteiger partial charge >= 0.3 is 0 Å². The number of anilines is 1. The molecule has 10 heteroatoms. The predicted octanol–water partition coefficient (Wildman–Crippen LogP) is 1.37. The van der Waals surface area contributed by atoms with Crippen LogP contribution in [-0.2, 0) is 9.53 Å². The highest BCUT2D eigenvalue weighted by Crippen LogP contribution is 2.23. The SMILES string of the molecule is CC(C)n1cnc2cnc(NC3CC=NC(N4CC(C(=O)N5CCOCC5)C4)=N3)cc21. The number of guanidine groups is 1. The van der Waals surface area contributed by atoms with Crippen LogP contribution in [0, 0.1) is 5.92 Å². The van der Waals surface area contributed by atoms with E-state index < -0.39 is 0 Å². The third-order valence-electron chi connectivity index (χ3n) is 5.98. The maximum atomic E-state index is 12.6. The average molecular weight is 425 g/mol. The van der Waals surface area contributed by atoms with Crippen LogP contribution < -0.4 is 5.32 Å². The van der Waals surface area contributed by atoms with E-state index in [1.54, 1.807) is 6.20 Å². The van der Waals surface area contributed by atoms with Gasteiger partial charge in [-0.15, -0.1) is 0 Å². The lowest BCUT2D eigenvalue weighted by Crippen LogP contribution is -2.57. The molecule has 5 heterocycles. The highest BCUT2D eigenvalue weighted by Gasteiger charge is 2.38. The fraction of sp³-hybridized carbons (Fsp3) is 0.571. The number of morpholine rings is 1. The molecule has 0 saturated carbocycles. The number of nitrogens with zero attached hydrogens (tertiary/aromatic N) is 7. The second-order valence-electron chi connectivity index (χ2n) is 8.48. The van der Waals surface area contributed by atoms with Crippen molar-refractivity contribution in [2.75, 3.05) is 44.7 Å². The summed E-state index contributed by atoms with van der Waals surface area (Å²) in [6.07, 6.45) is 6.07. The van der Waals surface area contributed by atoms with Crippen molar-refractivity contribution in [2.24, 2.45) is 15.9 Å². The summed E-state index contributed by atoms with van der Waals surface area (Å²) in [5.41, 5.74) is 1.93. The summed E-state index contributed by atoms with van der Waals surface area (Å²) in [7, 11) is 0. The van der Waals surface area contributed by atoms with Gasteiger partial charge < -0.3 is 24.4 Å². The molecule has 0 spiro atoms. The predicted molar refractivity (Wildman–Crippen MR) is 118 cm³/mol. The molecule has 1 N–H and O–H groups in total. The van der Waals surface area contributed by atoms with Crippen molar-refractivity contribution in [3.05, 3.63) is 18.6 Å². The van der Waals surface area contributed by atoms with Crippen molar-refractivity contribution >= 4 is 34.9 Å². The van der Waals surface area contributed by atoms with E-state index in [0.29, 0.717) is 57.8 Å². The number of nitrogens with one attached hydrogen (secondary N) is 1. The number of carbonyl (C=O) groups excluding carboxylic acids is 1. The fourth-order valence-corrected chi connectivity index (χ4v) is 4.15. The number of rotatable bonds is 4. The summed E-state index contributed by atoms with van der Waals surface area (Å²) in [5.74, 6) is 1.68. The van der Waals surface area contributed by atoms with E-state index in [1.807, 2.05) is 23.5 Å². The van der Waals surface area contributed by atoms with Crippen LogP contribution in [0.1, 0.15) is 26.3 Å². The summed E-state index contributed by atoms with van der Waals surface area (Å²) in [4.78, 5) is 34.7. The summed E-state index contributed by atoms with van der Waals surface area (Å²) in [6.45, 7) is 8.23. The Bertz CT molecular complexity index is 1020. The molecular formula is C21H28N8O2. The van der Waals surface area contributed by atoms with Crippen LogP contribution in [0.2, 0.25) is 0 Å². The van der Waals surface area contributed by atoms with Crippen LogP contribution in [0.15, 0.2) is 28.6 Å². The Morgan fingerprint density at radius 2 is 2.03 bits per heavy atom. The lowest BCUT2D eigenvalue weighted by Gasteiger charge is -2.42. The third-order valence-corrected chi connectivity index (χ3v) is 5.98. The maximum absolute atomic E-state index is 12.6. The molecule has 2 saturated heterocycles. The highest BCUT2D eigenvalue weighted by molar-refractivity contribution is 5.92. The van der Waals surface area contributed by atoms with E-state index in [0.717, 1.165) is 16.9 Å². The maximum Gasteiger partial charge on any atom is 0.229 e. The number of amides is 1. The summed E-state index contributed by atoms with van der Waals surface area (Å²) >= 11 is 0. The zero-order valence-corrected chi connectivity index (χ0v) is 17.9. The largest absolute Gasteiger partial charge is 0.378 e. The molecule has 0 aromatic carbocycles. The van der Waals surface area contributed by atoms with Gasteiger partial charge in [-0.2, -0.15) is 0 Å². The number of aliphatic imine (C=N–C) groups is 2. The molecule has 2 fully saturated rings. The second-order valence-corrected chi connectivity index (χ2v) is 8.48. The summed E-state index contributed by atoms with van der Waals surface area (Å²) in [5, 5.41) is 3.40. The minimum absolute atomic E-state index is 0.0183. The van der Waals surface area contributed by atoms with E-state index in [9.17, 15) is 4.79 Å². The Morgan fingerprint density at radius 3 is 2.81 bits per heavy atom. The van der Waals surface area contributed by atoms with Gasteiger partial charge in [-0.3, -0.25) is 4.79 Å². The molecule has 1 unspecified atom stereocenters. The molecule has 5 rings (SSSR count). The van der Waals surface area contributed by atoms with Crippen molar-refractivity contribution < 1.29 is 9.53 Å². The Kier molecular flexibility index (Phi) is 5.31. The van der Waals surface area contributed by atoms with Gasteiger partial charge in [-0.05, 0) is 13.8 Å². The minimum Gasteiger partial charge on any atom is -0.378 e. The smallest absolute Gasteiger partial charge is 0.229 e. The molecular weight excluding hydrogens is 396 g/mol. The number of fused-ring (bicyclic) bond motifs is 1. The number of pyridine rings is 1. The van der Waals surface area contributed by atoms with Gasteiger partial charge in [0.2, 0.25) is 11.9 Å². The van der Waals surface area contributed by atoms with Crippen LogP contribution in [0.5, 0.6) is 0 Å². The summed E-state index contributed by atoms with van der Waals surface area (Å²) in [6, 6.07) is 2.34. The van der Waals surface area contributed by atoms with Crippen LogP contribution in [-0.4, -0.2) is 88.0 Å². The number of aromatic nitrogens is 3. The number of imidazole rings is 1. The molecule has 2 aromatic rings. The van der Waals surface area contributed by atoms with Crippen LogP contribution in [0.3, 0.4) is 0 Å². The molecule has 3 aliphatic rings. The monoisotopic (exact) mass is 424 g/mol. The molecule has 3 aliphatic heterocycles. The van der Waals surface area contributed by atoms with E-state index in [4.69, 9.17) is 9.73 Å². The van der Waals surface area contributed by atoms with E-state index >= 15 is 0 Å². The Balaban J connectivity index is 1.22. The van der Waals surface area contributed by atoms with Crippen molar-refractivity contribution in [1.82, 2.24) is 24.3 Å². The number of likely N-dealkylation sites (tertiary alicyclic amines) is 1. The van der Waals surface area contributed by atoms with Gasteiger partial charge in [0, 0.05) is 50.9 Å². The first-order chi connectivity index (χ1) is 15.1. The molecule has 0 bridgehead atoms. The Labute approximate surface area is 181 Å². The molecule has 0 aliphatic carbocycles. The summed E-state index contributed by atoms with van der Waals surface area (Å²) < 4.78 is 7.47. The third kappa shape index (κ3) is 3.99. The molecule has 1 amide bonds. The Morgan fingerprint density at radius 1 is 1.23 bits per heavy atom.